The quantitative estimate of drug-likeness (QED) is 0.361. The average molecular weight is 551 g/mol. The van der Waals surface area contributed by atoms with Crippen molar-refractivity contribution in [3.63, 3.8) is 0 Å². The van der Waals surface area contributed by atoms with E-state index in [4.69, 9.17) is 0 Å². The predicted octanol–water partition coefficient (Wildman–Crippen LogP) is -0.388. The van der Waals surface area contributed by atoms with E-state index in [0.29, 0.717) is 0 Å². The molecule has 27 valence electrons. The largest absolute Gasteiger partial charge is 0 e. The van der Waals surface area contributed by atoms with E-state index in [1.54, 1.807) is 0 Å². The molecule has 0 atom stereocenters. The van der Waals surface area contributed by atoms with Crippen molar-refractivity contribution in [2.24, 2.45) is 0 Å². The third-order valence-corrected chi connectivity index (χ3v) is 0. The van der Waals surface area contributed by atoms with Crippen LogP contribution in [0.2, 0.25) is 0 Å². The maximum atomic E-state index is 0. The van der Waals surface area contributed by atoms with Gasteiger partial charge in [-0.15, -0.1) is 0 Å². The molecule has 0 saturated heterocycles. The average Bonchev–Trinajstić information content (AvgIpc) is 0. The van der Waals surface area contributed by atoms with Crippen LogP contribution in [0.4, 0.5) is 0 Å². The van der Waals surface area contributed by atoms with E-state index in [-0.39, 0.29) is 86.5 Å². The molecule has 5 radical (unpaired) electrons. The summed E-state index contributed by atoms with van der Waals surface area (Å²) >= 11 is 0. The molecule has 4 heteroatoms. The van der Waals surface area contributed by atoms with Gasteiger partial charge in [0.15, 0.2) is 0 Å². The third-order valence-electron chi connectivity index (χ3n) is 0. The molecule has 0 aromatic carbocycles. The fourth-order valence-corrected chi connectivity index (χ4v) is 0. The van der Waals surface area contributed by atoms with E-state index in [2.05, 4.69) is 0 Å². The van der Waals surface area contributed by atoms with E-state index >= 15 is 0 Å². The summed E-state index contributed by atoms with van der Waals surface area (Å²) in [6.45, 7) is 0. The first-order valence-electron chi connectivity index (χ1n) is 0. The van der Waals surface area contributed by atoms with Crippen molar-refractivity contribution >= 4 is 27.3 Å². The first kappa shape index (κ1) is 29.1. The maximum Gasteiger partial charge on any atom is 0 e. The smallest absolute Gasteiger partial charge is 0 e. The van der Waals surface area contributed by atoms with Gasteiger partial charge in [-0.2, -0.15) is 0 Å². The third kappa shape index (κ3) is 8.84. The van der Waals surface area contributed by atoms with Gasteiger partial charge in [0, 0.05) is 86.5 Å². The summed E-state index contributed by atoms with van der Waals surface area (Å²) in [5.41, 5.74) is 0. The van der Waals surface area contributed by atoms with Crippen molar-refractivity contribution in [3.8, 4) is 0 Å². The van der Waals surface area contributed by atoms with Crippen LogP contribution in [0.3, 0.4) is 0 Å². The molecule has 0 heterocycles. The molecule has 4 heavy (non-hydrogen) atoms. The van der Waals surface area contributed by atoms with Crippen LogP contribution < -0.4 is 0 Å². The zero-order valence-electron chi connectivity index (χ0n) is 1.62. The van der Waals surface area contributed by atoms with Crippen molar-refractivity contribution in [2.45, 2.75) is 0 Å². The first-order valence-corrected chi connectivity index (χ1v) is 0. The summed E-state index contributed by atoms with van der Waals surface area (Å²) in [6, 6.07) is 0. The molecular formula is CuMoPbW. The molecule has 0 spiro atoms. The minimum atomic E-state index is 0. The van der Waals surface area contributed by atoms with Crippen LogP contribution in [0.15, 0.2) is 0 Å². The van der Waals surface area contributed by atoms with Crippen LogP contribution in [0, 0.1) is 0 Å². The van der Waals surface area contributed by atoms with Gasteiger partial charge in [-0.3, -0.25) is 0 Å². The Morgan fingerprint density at radius 1 is 1.00 bits per heavy atom. The van der Waals surface area contributed by atoms with Crippen LogP contribution in [-0.4, -0.2) is 27.3 Å². The Balaban J connectivity index is 0. The summed E-state index contributed by atoms with van der Waals surface area (Å²) in [5, 5.41) is 0. The summed E-state index contributed by atoms with van der Waals surface area (Å²) in [6.07, 6.45) is 0. The molecule has 0 aromatic rings. The van der Waals surface area contributed by atoms with Crippen molar-refractivity contribution < 1.29 is 59.2 Å². The topological polar surface area (TPSA) is 0 Å². The van der Waals surface area contributed by atoms with Gasteiger partial charge in [0.25, 0.3) is 0 Å². The Kier molecular flexibility index (Phi) is 124. The second kappa shape index (κ2) is 17.0. The van der Waals surface area contributed by atoms with Gasteiger partial charge in [0.1, 0.15) is 0 Å². The van der Waals surface area contributed by atoms with Gasteiger partial charge >= 0.3 is 0 Å². The van der Waals surface area contributed by atoms with Gasteiger partial charge < -0.3 is 0 Å². The van der Waals surface area contributed by atoms with Gasteiger partial charge in [-0.1, -0.05) is 0 Å². The van der Waals surface area contributed by atoms with E-state index in [0.717, 1.165) is 0 Å². The molecular weight excluding hydrogens is 551 g/mol. The van der Waals surface area contributed by atoms with Gasteiger partial charge in [0.2, 0.25) is 0 Å². The molecule has 0 nitrogen and oxygen atoms in total. The minimum Gasteiger partial charge on any atom is 0 e. The Hall–Kier alpha value is 2.82. The molecule has 0 bridgehead atoms. The van der Waals surface area contributed by atoms with Crippen LogP contribution in [0.5, 0.6) is 0 Å². The second-order valence-corrected chi connectivity index (χ2v) is 0. The summed E-state index contributed by atoms with van der Waals surface area (Å²) in [7, 11) is 0. The van der Waals surface area contributed by atoms with E-state index in [1.807, 2.05) is 0 Å². The first-order chi connectivity index (χ1) is 0. The molecule has 0 rings (SSSR count). The Bertz CT molecular complexity index is 8.00. The van der Waals surface area contributed by atoms with Crippen LogP contribution in [-0.2, 0) is 59.2 Å². The number of rotatable bonds is 0. The fraction of sp³-hybridized carbons (Fsp3) is 0. The molecule has 0 aromatic heterocycles. The molecule has 0 fully saturated rings. The summed E-state index contributed by atoms with van der Waals surface area (Å²) < 4.78 is 0. The van der Waals surface area contributed by atoms with Crippen molar-refractivity contribution in [1.29, 1.82) is 0 Å². The summed E-state index contributed by atoms with van der Waals surface area (Å²) in [4.78, 5) is 0. The van der Waals surface area contributed by atoms with Crippen LogP contribution in [0.25, 0.3) is 0 Å². The SMILES string of the molecule is [Cu].[Mo].[Pb].[W]. The molecule has 0 N–H and O–H groups in total. The zero-order chi connectivity index (χ0) is 0. The minimum absolute atomic E-state index is 0. The van der Waals surface area contributed by atoms with Gasteiger partial charge in [0.05, 0.1) is 0 Å². The number of hydrogen-bond acceptors (Lipinski definition) is 0. The van der Waals surface area contributed by atoms with Crippen molar-refractivity contribution in [2.75, 3.05) is 0 Å². The Labute approximate surface area is 85.0 Å². The Morgan fingerprint density at radius 2 is 1.00 bits per heavy atom. The molecule has 0 aliphatic carbocycles. The van der Waals surface area contributed by atoms with E-state index in [9.17, 15) is 0 Å². The van der Waals surface area contributed by atoms with Gasteiger partial charge in [-0.25, -0.2) is 0 Å². The maximum absolute atomic E-state index is 0. The predicted molar refractivity (Wildman–Crippen MR) is 5.75 cm³/mol. The molecule has 0 unspecified atom stereocenters. The van der Waals surface area contributed by atoms with Crippen molar-refractivity contribution in [3.05, 3.63) is 0 Å². The van der Waals surface area contributed by atoms with E-state index in [1.165, 1.54) is 0 Å². The van der Waals surface area contributed by atoms with Gasteiger partial charge in [-0.05, 0) is 0 Å². The molecule has 0 amide bonds. The molecule has 0 aliphatic heterocycles. The summed E-state index contributed by atoms with van der Waals surface area (Å²) in [5.74, 6) is 0. The zero-order valence-corrected chi connectivity index (χ0v) is 11.4. The monoisotopic (exact) mass is 553 g/mol. The van der Waals surface area contributed by atoms with Crippen molar-refractivity contribution in [1.82, 2.24) is 0 Å². The number of hydrogen-bond donors (Lipinski definition) is 0. The standard InChI is InChI=1S/Cu.Mo.Pb.W. The normalized spacial score (nSPS) is 0. The molecule has 0 saturated carbocycles. The van der Waals surface area contributed by atoms with Crippen LogP contribution >= 0.6 is 0 Å². The Morgan fingerprint density at radius 3 is 1.00 bits per heavy atom. The second-order valence-electron chi connectivity index (χ2n) is 0. The fourth-order valence-electron chi connectivity index (χ4n) is 0. The van der Waals surface area contributed by atoms with E-state index < -0.39 is 0 Å². The molecule has 0 aliphatic rings. The van der Waals surface area contributed by atoms with Crippen LogP contribution in [0.1, 0.15) is 0 Å².